The van der Waals surface area contributed by atoms with Gasteiger partial charge < -0.3 is 14.7 Å². The zero-order chi connectivity index (χ0) is 20.1. The number of hydrogen-bond acceptors (Lipinski definition) is 4. The van der Waals surface area contributed by atoms with E-state index in [4.69, 9.17) is 16.3 Å². The minimum Gasteiger partial charge on any atom is -0.491 e. The summed E-state index contributed by atoms with van der Waals surface area (Å²) >= 11 is 5.82. The van der Waals surface area contributed by atoms with Crippen molar-refractivity contribution in [3.63, 3.8) is 0 Å². The molecule has 3 rings (SSSR count). The summed E-state index contributed by atoms with van der Waals surface area (Å²) in [7, 11) is 0. The van der Waals surface area contributed by atoms with Crippen LogP contribution in [0.15, 0.2) is 48.5 Å². The van der Waals surface area contributed by atoms with Gasteiger partial charge in [0.05, 0.1) is 5.56 Å². The third-order valence-corrected chi connectivity index (χ3v) is 4.91. The highest BCUT2D eigenvalue weighted by atomic mass is 35.5. The van der Waals surface area contributed by atoms with Gasteiger partial charge in [-0.25, -0.2) is 0 Å². The molecule has 0 saturated carbocycles. The van der Waals surface area contributed by atoms with Gasteiger partial charge in [-0.15, -0.1) is 0 Å². The lowest BCUT2D eigenvalue weighted by Crippen LogP contribution is -2.49. The number of alkyl halides is 3. The average molecular weight is 415 g/mol. The normalized spacial score (nSPS) is 16.8. The topological polar surface area (TPSA) is 35.9 Å². The highest BCUT2D eigenvalue weighted by Crippen LogP contribution is 2.30. The Bertz CT molecular complexity index is 746. The van der Waals surface area contributed by atoms with Crippen LogP contribution in [0.4, 0.5) is 18.9 Å². The van der Waals surface area contributed by atoms with Crippen molar-refractivity contribution in [2.75, 3.05) is 44.2 Å². The standard InChI is InChI=1S/C20H22ClF3N2O2/c21-16-3-7-19(8-4-16)28-14-18(27)13-25-9-11-26(12-10-25)17-5-1-15(2-6-17)20(22,23)24/h1-8,18,27H,9-14H2. The molecule has 1 aliphatic heterocycles. The molecule has 0 aromatic heterocycles. The zero-order valence-electron chi connectivity index (χ0n) is 15.2. The minimum atomic E-state index is -4.32. The molecule has 4 nitrogen and oxygen atoms in total. The number of piperazine rings is 1. The van der Waals surface area contributed by atoms with E-state index in [2.05, 4.69) is 4.90 Å². The van der Waals surface area contributed by atoms with E-state index in [0.29, 0.717) is 30.4 Å². The Hall–Kier alpha value is -1.96. The minimum absolute atomic E-state index is 0.181. The predicted octanol–water partition coefficient (Wildman–Crippen LogP) is 3.92. The molecule has 1 atom stereocenters. The molecule has 1 unspecified atom stereocenters. The fraction of sp³-hybridized carbons (Fsp3) is 0.400. The number of anilines is 1. The van der Waals surface area contributed by atoms with Crippen LogP contribution >= 0.6 is 11.6 Å². The summed E-state index contributed by atoms with van der Waals surface area (Å²) in [4.78, 5) is 4.17. The van der Waals surface area contributed by atoms with Crippen LogP contribution in [0.5, 0.6) is 5.75 Å². The van der Waals surface area contributed by atoms with Crippen molar-refractivity contribution in [1.82, 2.24) is 4.90 Å². The van der Waals surface area contributed by atoms with Gasteiger partial charge in [-0.3, -0.25) is 4.90 Å². The second-order valence-electron chi connectivity index (χ2n) is 6.75. The summed E-state index contributed by atoms with van der Waals surface area (Å²) < 4.78 is 43.5. The maximum atomic E-state index is 12.7. The molecule has 2 aromatic rings. The Balaban J connectivity index is 1.42. The van der Waals surface area contributed by atoms with Gasteiger partial charge in [0.25, 0.3) is 0 Å². The van der Waals surface area contributed by atoms with Crippen LogP contribution in [0.3, 0.4) is 0 Å². The molecule has 1 aliphatic rings. The van der Waals surface area contributed by atoms with E-state index >= 15 is 0 Å². The number of nitrogens with zero attached hydrogens (tertiary/aromatic N) is 2. The number of ether oxygens (including phenoxy) is 1. The third kappa shape index (κ3) is 5.77. The number of halogens is 4. The SMILES string of the molecule is OC(COc1ccc(Cl)cc1)CN1CCN(c2ccc(C(F)(F)F)cc2)CC1. The number of aliphatic hydroxyl groups is 1. The Morgan fingerprint density at radius 2 is 1.57 bits per heavy atom. The van der Waals surface area contributed by atoms with Crippen LogP contribution in [0, 0.1) is 0 Å². The molecule has 1 N–H and O–H groups in total. The smallest absolute Gasteiger partial charge is 0.416 e. The second-order valence-corrected chi connectivity index (χ2v) is 7.19. The molecule has 0 spiro atoms. The fourth-order valence-corrected chi connectivity index (χ4v) is 3.25. The van der Waals surface area contributed by atoms with Crippen molar-refractivity contribution < 1.29 is 23.0 Å². The van der Waals surface area contributed by atoms with Gasteiger partial charge in [-0.1, -0.05) is 11.6 Å². The van der Waals surface area contributed by atoms with Crippen molar-refractivity contribution in [2.45, 2.75) is 12.3 Å². The lowest BCUT2D eigenvalue weighted by Gasteiger charge is -2.37. The Morgan fingerprint density at radius 1 is 0.964 bits per heavy atom. The molecule has 2 aromatic carbocycles. The van der Waals surface area contributed by atoms with Crippen LogP contribution in [0.1, 0.15) is 5.56 Å². The van der Waals surface area contributed by atoms with Crippen molar-refractivity contribution in [1.29, 1.82) is 0 Å². The third-order valence-electron chi connectivity index (χ3n) is 4.66. The molecule has 28 heavy (non-hydrogen) atoms. The monoisotopic (exact) mass is 414 g/mol. The highest BCUT2D eigenvalue weighted by Gasteiger charge is 2.30. The molecule has 152 valence electrons. The van der Waals surface area contributed by atoms with Crippen LogP contribution < -0.4 is 9.64 Å². The lowest BCUT2D eigenvalue weighted by atomic mass is 10.1. The first-order chi connectivity index (χ1) is 13.3. The number of aliphatic hydroxyl groups excluding tert-OH is 1. The van der Waals surface area contributed by atoms with E-state index in [0.717, 1.165) is 30.9 Å². The predicted molar refractivity (Wildman–Crippen MR) is 103 cm³/mol. The van der Waals surface area contributed by atoms with Crippen LogP contribution in [0.2, 0.25) is 5.02 Å². The summed E-state index contributed by atoms with van der Waals surface area (Å²) in [6.45, 7) is 3.49. The number of benzene rings is 2. The molecule has 0 aliphatic carbocycles. The quantitative estimate of drug-likeness (QED) is 0.777. The van der Waals surface area contributed by atoms with E-state index < -0.39 is 17.8 Å². The van der Waals surface area contributed by atoms with Crippen molar-refractivity contribution in [3.05, 3.63) is 59.1 Å². The summed E-state index contributed by atoms with van der Waals surface area (Å²) in [6, 6.07) is 12.2. The molecule has 1 saturated heterocycles. The number of rotatable bonds is 6. The summed E-state index contributed by atoms with van der Waals surface area (Å²) in [5.41, 5.74) is 0.137. The first kappa shape index (κ1) is 20.8. The van der Waals surface area contributed by atoms with Crippen LogP contribution in [-0.4, -0.2) is 55.4 Å². The Kier molecular flexibility index (Phi) is 6.69. The van der Waals surface area contributed by atoms with Crippen molar-refractivity contribution >= 4 is 17.3 Å². The Morgan fingerprint density at radius 3 is 2.14 bits per heavy atom. The van der Waals surface area contributed by atoms with E-state index in [1.807, 2.05) is 4.90 Å². The second kappa shape index (κ2) is 9.03. The molecule has 0 amide bonds. The first-order valence-electron chi connectivity index (χ1n) is 9.02. The largest absolute Gasteiger partial charge is 0.491 e. The summed E-state index contributed by atoms with van der Waals surface area (Å²) in [5.74, 6) is 0.649. The summed E-state index contributed by atoms with van der Waals surface area (Å²) in [5, 5.41) is 10.8. The van der Waals surface area contributed by atoms with Gasteiger partial charge in [-0.2, -0.15) is 13.2 Å². The number of hydrogen-bond donors (Lipinski definition) is 1. The fourth-order valence-electron chi connectivity index (χ4n) is 3.12. The molecular weight excluding hydrogens is 393 g/mol. The molecule has 1 heterocycles. The maximum Gasteiger partial charge on any atom is 0.416 e. The zero-order valence-corrected chi connectivity index (χ0v) is 16.0. The summed E-state index contributed by atoms with van der Waals surface area (Å²) in [6.07, 6.45) is -4.95. The van der Waals surface area contributed by atoms with Gasteiger partial charge >= 0.3 is 6.18 Å². The average Bonchev–Trinajstić information content (AvgIpc) is 2.68. The highest BCUT2D eigenvalue weighted by molar-refractivity contribution is 6.30. The Labute approximate surface area is 167 Å². The van der Waals surface area contributed by atoms with Crippen LogP contribution in [0.25, 0.3) is 0 Å². The molecule has 8 heteroatoms. The van der Waals surface area contributed by atoms with Gasteiger partial charge in [0.1, 0.15) is 18.5 Å². The van der Waals surface area contributed by atoms with Gasteiger partial charge in [0, 0.05) is 43.4 Å². The van der Waals surface area contributed by atoms with E-state index in [-0.39, 0.29) is 6.61 Å². The van der Waals surface area contributed by atoms with Crippen molar-refractivity contribution in [3.8, 4) is 5.75 Å². The van der Waals surface area contributed by atoms with E-state index in [1.165, 1.54) is 12.1 Å². The van der Waals surface area contributed by atoms with Crippen molar-refractivity contribution in [2.24, 2.45) is 0 Å². The molecular formula is C20H22ClF3N2O2. The van der Waals surface area contributed by atoms with E-state index in [1.54, 1.807) is 24.3 Å². The van der Waals surface area contributed by atoms with Gasteiger partial charge in [0.15, 0.2) is 0 Å². The van der Waals surface area contributed by atoms with Crippen LogP contribution in [-0.2, 0) is 6.18 Å². The lowest BCUT2D eigenvalue weighted by molar-refractivity contribution is -0.137. The molecule has 0 bridgehead atoms. The first-order valence-corrected chi connectivity index (χ1v) is 9.40. The molecule has 1 fully saturated rings. The molecule has 0 radical (unpaired) electrons. The van der Waals surface area contributed by atoms with E-state index in [9.17, 15) is 18.3 Å². The maximum absolute atomic E-state index is 12.7. The number of β-amino-alcohol motifs (C(OH)–C–C–N with tert-alkyl or cyclic N) is 1. The van der Waals surface area contributed by atoms with Gasteiger partial charge in [0.2, 0.25) is 0 Å². The van der Waals surface area contributed by atoms with Gasteiger partial charge in [-0.05, 0) is 48.5 Å².